The molecule has 112 valence electrons. The van der Waals surface area contributed by atoms with Crippen molar-refractivity contribution >= 4 is 0 Å². The normalized spacial score (nSPS) is 18.9. The van der Waals surface area contributed by atoms with E-state index in [-0.39, 0.29) is 6.61 Å². The molecule has 0 spiro atoms. The summed E-state index contributed by atoms with van der Waals surface area (Å²) in [7, 11) is 3.90. The maximum atomic E-state index is 8.81. The number of likely N-dealkylation sites (N-methyl/N-ethyl adjacent to an activating group) is 1. The van der Waals surface area contributed by atoms with E-state index in [1.165, 1.54) is 16.7 Å². The first kappa shape index (κ1) is 15.3. The van der Waals surface area contributed by atoms with Crippen LogP contribution in [0.4, 0.5) is 0 Å². The Kier molecular flexibility index (Phi) is 5.40. The van der Waals surface area contributed by atoms with Crippen molar-refractivity contribution in [1.82, 2.24) is 10.2 Å². The number of benzene rings is 1. The van der Waals surface area contributed by atoms with Crippen molar-refractivity contribution in [3.63, 3.8) is 0 Å². The van der Waals surface area contributed by atoms with Crippen LogP contribution in [0.15, 0.2) is 12.1 Å². The van der Waals surface area contributed by atoms with E-state index in [4.69, 9.17) is 9.84 Å². The van der Waals surface area contributed by atoms with Crippen LogP contribution in [-0.4, -0.2) is 43.9 Å². The second-order valence-corrected chi connectivity index (χ2v) is 5.52. The number of nitrogens with zero attached hydrogens (tertiary/aromatic N) is 1. The molecule has 1 aromatic rings. The standard InChI is InChI=1S/C16H26N2O2/c1-12-15-10-16(20-3)14(11-17-6-4-8-19)9-13(15)5-7-18(12)2/h9-10,12,17,19H,4-8,11H2,1-3H3. The number of aliphatic hydroxyl groups excluding tert-OH is 1. The van der Waals surface area contributed by atoms with Gasteiger partial charge in [0.2, 0.25) is 0 Å². The molecule has 0 aromatic heterocycles. The lowest BCUT2D eigenvalue weighted by atomic mass is 9.91. The highest BCUT2D eigenvalue weighted by Gasteiger charge is 2.22. The van der Waals surface area contributed by atoms with Gasteiger partial charge in [0.25, 0.3) is 0 Å². The van der Waals surface area contributed by atoms with E-state index in [0.29, 0.717) is 6.04 Å². The summed E-state index contributed by atoms with van der Waals surface area (Å²) < 4.78 is 5.54. The molecule has 0 fully saturated rings. The van der Waals surface area contributed by atoms with Crippen molar-refractivity contribution in [2.45, 2.75) is 32.4 Å². The van der Waals surface area contributed by atoms with Crippen LogP contribution in [0.2, 0.25) is 0 Å². The third-order valence-electron chi connectivity index (χ3n) is 4.21. The Hall–Kier alpha value is -1.10. The Balaban J connectivity index is 2.17. The van der Waals surface area contributed by atoms with Gasteiger partial charge in [0.05, 0.1) is 7.11 Å². The largest absolute Gasteiger partial charge is 0.496 e. The Morgan fingerprint density at radius 2 is 2.25 bits per heavy atom. The second-order valence-electron chi connectivity index (χ2n) is 5.52. The lowest BCUT2D eigenvalue weighted by Crippen LogP contribution is -2.30. The maximum Gasteiger partial charge on any atom is 0.123 e. The van der Waals surface area contributed by atoms with E-state index in [2.05, 4.69) is 36.3 Å². The Morgan fingerprint density at radius 1 is 1.45 bits per heavy atom. The second kappa shape index (κ2) is 7.07. The fourth-order valence-corrected chi connectivity index (χ4v) is 2.78. The van der Waals surface area contributed by atoms with Crippen LogP contribution in [-0.2, 0) is 13.0 Å². The Labute approximate surface area is 121 Å². The zero-order valence-electron chi connectivity index (χ0n) is 12.8. The number of nitrogens with one attached hydrogen (secondary N) is 1. The van der Waals surface area contributed by atoms with Crippen LogP contribution in [0.3, 0.4) is 0 Å². The zero-order valence-corrected chi connectivity index (χ0v) is 12.8. The van der Waals surface area contributed by atoms with Gasteiger partial charge < -0.3 is 15.2 Å². The van der Waals surface area contributed by atoms with E-state index in [1.54, 1.807) is 7.11 Å². The highest BCUT2D eigenvalue weighted by molar-refractivity contribution is 5.45. The Morgan fingerprint density at radius 3 is 2.95 bits per heavy atom. The number of aliphatic hydroxyl groups is 1. The number of methoxy groups -OCH3 is 1. The quantitative estimate of drug-likeness (QED) is 0.778. The summed E-state index contributed by atoms with van der Waals surface area (Å²) in [5, 5.41) is 12.2. The fourth-order valence-electron chi connectivity index (χ4n) is 2.78. The van der Waals surface area contributed by atoms with Crippen molar-refractivity contribution in [3.05, 3.63) is 28.8 Å². The summed E-state index contributed by atoms with van der Waals surface area (Å²) in [5.74, 6) is 0.961. The SMILES string of the molecule is COc1cc2c(cc1CNCCCO)CCN(C)C2C. The van der Waals surface area contributed by atoms with Gasteiger partial charge in [-0.25, -0.2) is 0 Å². The van der Waals surface area contributed by atoms with Crippen LogP contribution >= 0.6 is 0 Å². The summed E-state index contributed by atoms with van der Waals surface area (Å²) in [5.41, 5.74) is 4.03. The molecule has 1 aliphatic heterocycles. The first-order valence-corrected chi connectivity index (χ1v) is 7.39. The van der Waals surface area contributed by atoms with Crippen LogP contribution in [0.5, 0.6) is 5.75 Å². The minimum atomic E-state index is 0.234. The van der Waals surface area contributed by atoms with Crippen molar-refractivity contribution in [1.29, 1.82) is 0 Å². The summed E-state index contributed by atoms with van der Waals surface area (Å²) in [4.78, 5) is 2.38. The first-order chi connectivity index (χ1) is 9.67. The van der Waals surface area contributed by atoms with Gasteiger partial charge in [-0.05, 0) is 50.6 Å². The highest BCUT2D eigenvalue weighted by atomic mass is 16.5. The molecule has 0 saturated heterocycles. The van der Waals surface area contributed by atoms with Crippen molar-refractivity contribution in [2.75, 3.05) is 33.9 Å². The molecule has 0 radical (unpaired) electrons. The summed E-state index contributed by atoms with van der Waals surface area (Å²) >= 11 is 0. The van der Waals surface area contributed by atoms with Gasteiger partial charge in [-0.15, -0.1) is 0 Å². The molecule has 0 saturated carbocycles. The lowest BCUT2D eigenvalue weighted by molar-refractivity contribution is 0.246. The minimum Gasteiger partial charge on any atom is -0.496 e. The number of rotatable bonds is 6. The predicted octanol–water partition coefficient (Wildman–Crippen LogP) is 1.72. The number of ether oxygens (including phenoxy) is 1. The summed E-state index contributed by atoms with van der Waals surface area (Å²) in [6.07, 6.45) is 1.89. The lowest BCUT2D eigenvalue weighted by Gasteiger charge is -2.33. The van der Waals surface area contributed by atoms with Gasteiger partial charge in [0.1, 0.15) is 5.75 Å². The maximum absolute atomic E-state index is 8.81. The molecule has 4 nitrogen and oxygen atoms in total. The molecule has 2 rings (SSSR count). The van der Waals surface area contributed by atoms with Crippen LogP contribution in [0, 0.1) is 0 Å². The van der Waals surface area contributed by atoms with E-state index < -0.39 is 0 Å². The molecule has 4 heteroatoms. The number of hydrogen-bond donors (Lipinski definition) is 2. The number of hydrogen-bond acceptors (Lipinski definition) is 4. The van der Waals surface area contributed by atoms with Gasteiger partial charge in [0.15, 0.2) is 0 Å². The van der Waals surface area contributed by atoms with Crippen molar-refractivity contribution < 1.29 is 9.84 Å². The van der Waals surface area contributed by atoms with Gasteiger partial charge in [-0.1, -0.05) is 6.07 Å². The number of fused-ring (bicyclic) bond motifs is 1. The Bertz CT molecular complexity index is 448. The van der Waals surface area contributed by atoms with Gasteiger partial charge in [0, 0.05) is 31.3 Å². The molecular formula is C16H26N2O2. The monoisotopic (exact) mass is 278 g/mol. The molecule has 20 heavy (non-hydrogen) atoms. The third-order valence-corrected chi connectivity index (χ3v) is 4.21. The van der Waals surface area contributed by atoms with E-state index in [1.807, 2.05) is 0 Å². The van der Waals surface area contributed by atoms with E-state index in [0.717, 1.165) is 38.2 Å². The molecule has 1 aromatic carbocycles. The van der Waals surface area contributed by atoms with Crippen LogP contribution in [0.25, 0.3) is 0 Å². The van der Waals surface area contributed by atoms with Crippen molar-refractivity contribution in [3.8, 4) is 5.75 Å². The molecular weight excluding hydrogens is 252 g/mol. The van der Waals surface area contributed by atoms with Gasteiger partial charge >= 0.3 is 0 Å². The molecule has 1 atom stereocenters. The smallest absolute Gasteiger partial charge is 0.123 e. The fraction of sp³-hybridized carbons (Fsp3) is 0.625. The van der Waals surface area contributed by atoms with Crippen molar-refractivity contribution in [2.24, 2.45) is 0 Å². The molecule has 1 unspecified atom stereocenters. The van der Waals surface area contributed by atoms with Gasteiger partial charge in [-0.2, -0.15) is 0 Å². The summed E-state index contributed by atoms with van der Waals surface area (Å²) in [6.45, 7) is 5.21. The predicted molar refractivity (Wildman–Crippen MR) is 81.2 cm³/mol. The first-order valence-electron chi connectivity index (χ1n) is 7.39. The molecule has 0 aliphatic carbocycles. The average Bonchev–Trinajstić information content (AvgIpc) is 2.47. The zero-order chi connectivity index (χ0) is 14.5. The van der Waals surface area contributed by atoms with E-state index >= 15 is 0 Å². The molecule has 2 N–H and O–H groups in total. The highest BCUT2D eigenvalue weighted by Crippen LogP contribution is 2.33. The minimum absolute atomic E-state index is 0.234. The molecule has 1 heterocycles. The molecule has 0 bridgehead atoms. The van der Waals surface area contributed by atoms with E-state index in [9.17, 15) is 0 Å². The molecule has 1 aliphatic rings. The third kappa shape index (κ3) is 3.32. The summed E-state index contributed by atoms with van der Waals surface area (Å²) in [6, 6.07) is 4.92. The van der Waals surface area contributed by atoms with Crippen LogP contribution in [0.1, 0.15) is 36.1 Å². The van der Waals surface area contributed by atoms with Crippen LogP contribution < -0.4 is 10.1 Å². The average molecular weight is 278 g/mol. The van der Waals surface area contributed by atoms with Gasteiger partial charge in [-0.3, -0.25) is 4.90 Å². The topological polar surface area (TPSA) is 44.7 Å². The molecule has 0 amide bonds.